The zero-order valence-electron chi connectivity index (χ0n) is 9.06. The molecule has 0 bridgehead atoms. The maximum atomic E-state index is 13.1. The SMILES string of the molecule is CC(=O)SCC(O)C(O)c1ccc(Cl)c(F)c1. The van der Waals surface area contributed by atoms with Gasteiger partial charge in [0, 0.05) is 12.7 Å². The molecule has 2 atom stereocenters. The molecule has 0 aliphatic rings. The fourth-order valence-electron chi connectivity index (χ4n) is 1.21. The highest BCUT2D eigenvalue weighted by Gasteiger charge is 2.20. The highest BCUT2D eigenvalue weighted by molar-refractivity contribution is 8.13. The maximum absolute atomic E-state index is 13.1. The number of hydrogen-bond acceptors (Lipinski definition) is 4. The summed E-state index contributed by atoms with van der Waals surface area (Å²) >= 11 is 6.40. The van der Waals surface area contributed by atoms with Crippen molar-refractivity contribution in [1.82, 2.24) is 0 Å². The lowest BCUT2D eigenvalue weighted by molar-refractivity contribution is -0.109. The third-order valence-electron chi connectivity index (χ3n) is 2.11. The van der Waals surface area contributed by atoms with Crippen LogP contribution in [0.1, 0.15) is 18.6 Å². The highest BCUT2D eigenvalue weighted by Crippen LogP contribution is 2.23. The fraction of sp³-hybridized carbons (Fsp3) is 0.364. The first kappa shape index (κ1) is 14.4. The number of aliphatic hydroxyl groups excluding tert-OH is 2. The number of thioether (sulfide) groups is 1. The topological polar surface area (TPSA) is 57.5 Å². The van der Waals surface area contributed by atoms with Gasteiger partial charge in [-0.1, -0.05) is 29.4 Å². The van der Waals surface area contributed by atoms with Gasteiger partial charge in [-0.25, -0.2) is 4.39 Å². The van der Waals surface area contributed by atoms with Gasteiger partial charge in [0.05, 0.1) is 11.1 Å². The molecule has 0 aliphatic carbocycles. The van der Waals surface area contributed by atoms with Crippen LogP contribution in [0.15, 0.2) is 18.2 Å². The monoisotopic (exact) mass is 278 g/mol. The van der Waals surface area contributed by atoms with Crippen LogP contribution >= 0.6 is 23.4 Å². The smallest absolute Gasteiger partial charge is 0.185 e. The van der Waals surface area contributed by atoms with Crippen LogP contribution in [0.5, 0.6) is 0 Å². The Balaban J connectivity index is 2.70. The third kappa shape index (κ3) is 4.27. The first-order valence-electron chi connectivity index (χ1n) is 4.86. The molecule has 0 amide bonds. The molecule has 17 heavy (non-hydrogen) atoms. The molecule has 6 heteroatoms. The molecular weight excluding hydrogens is 267 g/mol. The molecule has 1 rings (SSSR count). The van der Waals surface area contributed by atoms with Gasteiger partial charge in [0.25, 0.3) is 0 Å². The minimum absolute atomic E-state index is 0.0476. The van der Waals surface area contributed by atoms with E-state index in [4.69, 9.17) is 11.6 Å². The first-order valence-corrected chi connectivity index (χ1v) is 6.22. The Hall–Kier alpha value is -0.620. The van der Waals surface area contributed by atoms with Gasteiger partial charge in [-0.15, -0.1) is 0 Å². The summed E-state index contributed by atoms with van der Waals surface area (Å²) in [5.41, 5.74) is 0.226. The molecule has 1 aromatic rings. The number of aliphatic hydroxyl groups is 2. The Bertz CT molecular complexity index is 414. The average Bonchev–Trinajstić information content (AvgIpc) is 2.28. The largest absolute Gasteiger partial charge is 0.389 e. The predicted octanol–water partition coefficient (Wildman–Crippen LogP) is 2.15. The Morgan fingerprint density at radius 2 is 2.18 bits per heavy atom. The average molecular weight is 279 g/mol. The van der Waals surface area contributed by atoms with Gasteiger partial charge in [-0.2, -0.15) is 0 Å². The van der Waals surface area contributed by atoms with Crippen LogP contribution in [0.25, 0.3) is 0 Å². The lowest BCUT2D eigenvalue weighted by Crippen LogP contribution is -2.21. The molecule has 0 aliphatic heterocycles. The molecule has 3 nitrogen and oxygen atoms in total. The highest BCUT2D eigenvalue weighted by atomic mass is 35.5. The normalized spacial score (nSPS) is 14.4. The number of benzene rings is 1. The van der Waals surface area contributed by atoms with Crippen molar-refractivity contribution in [2.24, 2.45) is 0 Å². The predicted molar refractivity (Wildman–Crippen MR) is 65.5 cm³/mol. The Morgan fingerprint density at radius 3 is 2.71 bits per heavy atom. The molecule has 0 spiro atoms. The molecule has 2 N–H and O–H groups in total. The second kappa shape index (κ2) is 6.35. The minimum Gasteiger partial charge on any atom is -0.389 e. The molecule has 0 fully saturated rings. The van der Waals surface area contributed by atoms with Gasteiger partial charge in [0.15, 0.2) is 5.12 Å². The van der Waals surface area contributed by atoms with E-state index < -0.39 is 18.0 Å². The number of halogens is 2. The quantitative estimate of drug-likeness (QED) is 0.886. The van der Waals surface area contributed by atoms with Crippen molar-refractivity contribution in [3.05, 3.63) is 34.6 Å². The van der Waals surface area contributed by atoms with E-state index in [-0.39, 0.29) is 21.5 Å². The molecule has 0 saturated heterocycles. The van der Waals surface area contributed by atoms with Gasteiger partial charge in [-0.05, 0) is 17.7 Å². The summed E-state index contributed by atoms with van der Waals surface area (Å²) in [6.45, 7) is 1.37. The van der Waals surface area contributed by atoms with Crippen LogP contribution < -0.4 is 0 Å². The summed E-state index contributed by atoms with van der Waals surface area (Å²) in [4.78, 5) is 10.7. The Morgan fingerprint density at radius 1 is 1.53 bits per heavy atom. The molecular formula is C11H12ClFO3S. The van der Waals surface area contributed by atoms with E-state index in [0.717, 1.165) is 17.8 Å². The van der Waals surface area contributed by atoms with Gasteiger partial charge in [0.1, 0.15) is 11.9 Å². The first-order chi connectivity index (χ1) is 7.91. The van der Waals surface area contributed by atoms with Crippen LogP contribution in [-0.4, -0.2) is 27.2 Å². The summed E-state index contributed by atoms with van der Waals surface area (Å²) < 4.78 is 13.1. The van der Waals surface area contributed by atoms with Gasteiger partial charge in [-0.3, -0.25) is 4.79 Å². The van der Waals surface area contributed by atoms with E-state index in [2.05, 4.69) is 0 Å². The van der Waals surface area contributed by atoms with Crippen molar-refractivity contribution >= 4 is 28.5 Å². The Labute approximate surface area is 108 Å². The summed E-state index contributed by atoms with van der Waals surface area (Å²) in [7, 11) is 0. The van der Waals surface area contributed by atoms with E-state index >= 15 is 0 Å². The fourth-order valence-corrected chi connectivity index (χ4v) is 1.92. The van der Waals surface area contributed by atoms with Gasteiger partial charge < -0.3 is 10.2 Å². The van der Waals surface area contributed by atoms with Gasteiger partial charge >= 0.3 is 0 Å². The van der Waals surface area contributed by atoms with Crippen molar-refractivity contribution in [3.8, 4) is 0 Å². The van der Waals surface area contributed by atoms with E-state index in [9.17, 15) is 19.4 Å². The lowest BCUT2D eigenvalue weighted by atomic mass is 10.1. The number of carbonyl (C=O) groups is 1. The van der Waals surface area contributed by atoms with Crippen LogP contribution in [0.2, 0.25) is 5.02 Å². The molecule has 0 heterocycles. The second-order valence-electron chi connectivity index (χ2n) is 3.49. The van der Waals surface area contributed by atoms with E-state index in [1.165, 1.54) is 19.1 Å². The van der Waals surface area contributed by atoms with Crippen LogP contribution in [0, 0.1) is 5.82 Å². The molecule has 0 aromatic heterocycles. The van der Waals surface area contributed by atoms with Crippen molar-refractivity contribution in [2.45, 2.75) is 19.1 Å². The molecule has 94 valence electrons. The number of carbonyl (C=O) groups excluding carboxylic acids is 1. The van der Waals surface area contributed by atoms with E-state index in [1.807, 2.05) is 0 Å². The lowest BCUT2D eigenvalue weighted by Gasteiger charge is -2.17. The minimum atomic E-state index is -1.24. The van der Waals surface area contributed by atoms with Crippen LogP contribution in [0.4, 0.5) is 4.39 Å². The summed E-state index contributed by atoms with van der Waals surface area (Å²) in [5, 5.41) is 19.1. The molecule has 1 aromatic carbocycles. The van der Waals surface area contributed by atoms with E-state index in [0.29, 0.717) is 0 Å². The molecule has 2 unspecified atom stereocenters. The summed E-state index contributed by atoms with van der Waals surface area (Å²) in [6, 6.07) is 3.80. The van der Waals surface area contributed by atoms with Crippen LogP contribution in [0.3, 0.4) is 0 Å². The Kier molecular flexibility index (Phi) is 5.39. The second-order valence-corrected chi connectivity index (χ2v) is 5.09. The number of rotatable bonds is 4. The van der Waals surface area contributed by atoms with Crippen molar-refractivity contribution in [1.29, 1.82) is 0 Å². The third-order valence-corrected chi connectivity index (χ3v) is 3.33. The summed E-state index contributed by atoms with van der Waals surface area (Å²) in [5.74, 6) is -0.601. The maximum Gasteiger partial charge on any atom is 0.185 e. The van der Waals surface area contributed by atoms with Crippen molar-refractivity contribution < 1.29 is 19.4 Å². The molecule has 0 radical (unpaired) electrons. The van der Waals surface area contributed by atoms with Crippen molar-refractivity contribution in [3.63, 3.8) is 0 Å². The zero-order chi connectivity index (χ0) is 13.0. The standard InChI is InChI=1S/C11H12ClFO3S/c1-6(14)17-5-10(15)11(16)7-2-3-8(12)9(13)4-7/h2-4,10-11,15-16H,5H2,1H3. The van der Waals surface area contributed by atoms with E-state index in [1.54, 1.807) is 0 Å². The molecule has 0 saturated carbocycles. The summed E-state index contributed by atoms with van der Waals surface area (Å²) in [6.07, 6.45) is -2.38. The zero-order valence-corrected chi connectivity index (χ0v) is 10.6. The van der Waals surface area contributed by atoms with Crippen LogP contribution in [-0.2, 0) is 4.79 Å². The van der Waals surface area contributed by atoms with Gasteiger partial charge in [0.2, 0.25) is 0 Å². The number of hydrogen-bond donors (Lipinski definition) is 2. The van der Waals surface area contributed by atoms with Crippen molar-refractivity contribution in [2.75, 3.05) is 5.75 Å².